The first-order chi connectivity index (χ1) is 8.55. The molecule has 0 spiro atoms. The lowest BCUT2D eigenvalue weighted by molar-refractivity contribution is -0.186. The fraction of sp³-hybridized carbons (Fsp3) is 1.00. The van der Waals surface area contributed by atoms with Gasteiger partial charge in [-0.05, 0) is 64.2 Å². The van der Waals surface area contributed by atoms with E-state index in [2.05, 4.69) is 5.32 Å². The average Bonchev–Trinajstić information content (AvgIpc) is 2.37. The van der Waals surface area contributed by atoms with E-state index in [-0.39, 0.29) is 6.54 Å². The number of rotatable bonds is 3. The fourth-order valence-corrected chi connectivity index (χ4v) is 3.06. The van der Waals surface area contributed by atoms with Crippen LogP contribution in [0.3, 0.4) is 0 Å². The second-order valence-electron chi connectivity index (χ2n) is 5.68. The van der Waals surface area contributed by atoms with Crippen LogP contribution >= 0.6 is 0 Å². The van der Waals surface area contributed by atoms with Crippen LogP contribution in [0.5, 0.6) is 0 Å². The highest BCUT2D eigenvalue weighted by Crippen LogP contribution is 2.33. The molecule has 1 N–H and O–H groups in total. The Balaban J connectivity index is 1.72. The minimum atomic E-state index is -4.01. The van der Waals surface area contributed by atoms with Crippen molar-refractivity contribution in [2.75, 3.05) is 32.7 Å². The van der Waals surface area contributed by atoms with Gasteiger partial charge >= 0.3 is 6.18 Å². The maximum absolute atomic E-state index is 12.7. The van der Waals surface area contributed by atoms with Gasteiger partial charge in [0.05, 0.1) is 5.92 Å². The highest BCUT2D eigenvalue weighted by Gasteiger charge is 2.41. The lowest BCUT2D eigenvalue weighted by Gasteiger charge is -2.35. The third kappa shape index (κ3) is 4.12. The molecule has 2 heterocycles. The van der Waals surface area contributed by atoms with Crippen LogP contribution in [0.2, 0.25) is 0 Å². The quantitative estimate of drug-likeness (QED) is 0.843. The van der Waals surface area contributed by atoms with Crippen LogP contribution in [-0.4, -0.2) is 43.8 Å². The summed E-state index contributed by atoms with van der Waals surface area (Å²) in [5.74, 6) is -0.444. The minimum Gasteiger partial charge on any atom is -0.316 e. The molecule has 0 amide bonds. The van der Waals surface area contributed by atoms with Crippen molar-refractivity contribution in [3.05, 3.63) is 0 Å². The van der Waals surface area contributed by atoms with Crippen molar-refractivity contribution < 1.29 is 13.2 Å². The van der Waals surface area contributed by atoms with Gasteiger partial charge in [0.15, 0.2) is 0 Å². The number of piperidine rings is 2. The summed E-state index contributed by atoms with van der Waals surface area (Å²) < 4.78 is 38.0. The summed E-state index contributed by atoms with van der Waals surface area (Å²) in [6, 6.07) is 0. The third-order valence-electron chi connectivity index (χ3n) is 4.22. The Kier molecular flexibility index (Phi) is 4.90. The predicted octanol–water partition coefficient (Wildman–Crippen LogP) is 2.65. The van der Waals surface area contributed by atoms with Crippen LogP contribution in [0.25, 0.3) is 0 Å². The van der Waals surface area contributed by atoms with Gasteiger partial charge < -0.3 is 10.2 Å². The van der Waals surface area contributed by atoms with Crippen LogP contribution < -0.4 is 5.32 Å². The Bertz CT molecular complexity index is 249. The molecule has 106 valence electrons. The number of hydrogen-bond acceptors (Lipinski definition) is 2. The fourth-order valence-electron chi connectivity index (χ4n) is 3.06. The van der Waals surface area contributed by atoms with E-state index >= 15 is 0 Å². The monoisotopic (exact) mass is 264 g/mol. The van der Waals surface area contributed by atoms with E-state index < -0.39 is 12.1 Å². The molecule has 5 heteroatoms. The standard InChI is InChI=1S/C13H23F3N2/c14-13(15,16)12-4-2-7-18(10-12)8-5-11-3-1-6-17-9-11/h11-12,17H,1-10H2. The van der Waals surface area contributed by atoms with Crippen LogP contribution in [0.4, 0.5) is 13.2 Å². The average molecular weight is 264 g/mol. The van der Waals surface area contributed by atoms with Crippen LogP contribution in [0, 0.1) is 11.8 Å². The molecule has 2 aliphatic heterocycles. The molecule has 2 saturated heterocycles. The Hall–Kier alpha value is -0.290. The molecule has 0 bridgehead atoms. The topological polar surface area (TPSA) is 15.3 Å². The number of nitrogens with zero attached hydrogens (tertiary/aromatic N) is 1. The van der Waals surface area contributed by atoms with E-state index in [4.69, 9.17) is 0 Å². The molecule has 0 aliphatic carbocycles. The lowest BCUT2D eigenvalue weighted by atomic mass is 9.94. The Labute approximate surface area is 107 Å². The summed E-state index contributed by atoms with van der Waals surface area (Å²) in [6.07, 6.45) is 0.458. The van der Waals surface area contributed by atoms with Crippen LogP contribution in [0.15, 0.2) is 0 Å². The SMILES string of the molecule is FC(F)(F)C1CCCN(CCC2CCCNC2)C1. The first kappa shape index (κ1) is 14.1. The molecule has 2 aliphatic rings. The van der Waals surface area contributed by atoms with Crippen LogP contribution in [0.1, 0.15) is 32.1 Å². The highest BCUT2D eigenvalue weighted by atomic mass is 19.4. The van der Waals surface area contributed by atoms with Crippen molar-refractivity contribution >= 4 is 0 Å². The van der Waals surface area contributed by atoms with E-state index in [0.29, 0.717) is 18.8 Å². The Morgan fingerprint density at radius 3 is 2.67 bits per heavy atom. The molecule has 0 saturated carbocycles. The number of hydrogen-bond donors (Lipinski definition) is 1. The smallest absolute Gasteiger partial charge is 0.316 e. The second-order valence-corrected chi connectivity index (χ2v) is 5.68. The molecule has 2 rings (SSSR count). The van der Waals surface area contributed by atoms with Gasteiger partial charge in [-0.15, -0.1) is 0 Å². The summed E-state index contributed by atoms with van der Waals surface area (Å²) in [5.41, 5.74) is 0. The van der Waals surface area contributed by atoms with Gasteiger partial charge in [-0.25, -0.2) is 0 Å². The van der Waals surface area contributed by atoms with Crippen molar-refractivity contribution in [2.24, 2.45) is 11.8 Å². The van der Waals surface area contributed by atoms with E-state index in [9.17, 15) is 13.2 Å². The highest BCUT2D eigenvalue weighted by molar-refractivity contribution is 4.79. The summed E-state index contributed by atoms with van der Waals surface area (Å²) in [6.45, 7) is 4.02. The van der Waals surface area contributed by atoms with Gasteiger partial charge in [0.2, 0.25) is 0 Å². The normalized spacial score (nSPS) is 31.5. The predicted molar refractivity (Wildman–Crippen MR) is 65.4 cm³/mol. The first-order valence-electron chi connectivity index (χ1n) is 7.05. The van der Waals surface area contributed by atoms with Gasteiger partial charge in [0, 0.05) is 6.54 Å². The first-order valence-corrected chi connectivity index (χ1v) is 7.05. The van der Waals surface area contributed by atoms with Gasteiger partial charge in [0.25, 0.3) is 0 Å². The molecular formula is C13H23F3N2. The van der Waals surface area contributed by atoms with E-state index in [1.807, 2.05) is 4.90 Å². The lowest BCUT2D eigenvalue weighted by Crippen LogP contribution is -2.43. The van der Waals surface area contributed by atoms with E-state index in [1.165, 1.54) is 12.8 Å². The summed E-state index contributed by atoms with van der Waals surface area (Å²) in [4.78, 5) is 2.01. The third-order valence-corrected chi connectivity index (χ3v) is 4.22. The largest absolute Gasteiger partial charge is 0.393 e. The van der Waals surface area contributed by atoms with Gasteiger partial charge in [-0.3, -0.25) is 0 Å². The molecule has 0 radical (unpaired) electrons. The Morgan fingerprint density at radius 2 is 2.00 bits per heavy atom. The molecule has 2 nitrogen and oxygen atoms in total. The summed E-state index contributed by atoms with van der Waals surface area (Å²) in [7, 11) is 0. The molecule has 2 atom stereocenters. The molecule has 0 aromatic carbocycles. The summed E-state index contributed by atoms with van der Waals surface area (Å²) in [5, 5.41) is 3.36. The van der Waals surface area contributed by atoms with Crippen molar-refractivity contribution in [1.29, 1.82) is 0 Å². The molecule has 2 unspecified atom stereocenters. The number of alkyl halides is 3. The maximum atomic E-state index is 12.7. The number of likely N-dealkylation sites (tertiary alicyclic amines) is 1. The number of nitrogens with one attached hydrogen (secondary N) is 1. The zero-order chi connectivity index (χ0) is 13.0. The van der Waals surface area contributed by atoms with Gasteiger partial charge in [-0.1, -0.05) is 0 Å². The zero-order valence-corrected chi connectivity index (χ0v) is 10.8. The number of halogens is 3. The summed E-state index contributed by atoms with van der Waals surface area (Å²) >= 11 is 0. The van der Waals surface area contributed by atoms with E-state index in [1.54, 1.807) is 0 Å². The molecule has 0 aromatic heterocycles. The molecule has 18 heavy (non-hydrogen) atoms. The van der Waals surface area contributed by atoms with Gasteiger partial charge in [-0.2, -0.15) is 13.2 Å². The van der Waals surface area contributed by atoms with Crippen molar-refractivity contribution in [1.82, 2.24) is 10.2 Å². The molecular weight excluding hydrogens is 241 g/mol. The van der Waals surface area contributed by atoms with Gasteiger partial charge in [0.1, 0.15) is 0 Å². The molecule has 2 fully saturated rings. The Morgan fingerprint density at radius 1 is 1.17 bits per heavy atom. The molecule has 0 aromatic rings. The minimum absolute atomic E-state index is 0.212. The van der Waals surface area contributed by atoms with Crippen molar-refractivity contribution in [2.45, 2.75) is 38.3 Å². The van der Waals surface area contributed by atoms with Crippen molar-refractivity contribution in [3.63, 3.8) is 0 Å². The zero-order valence-electron chi connectivity index (χ0n) is 10.8. The van der Waals surface area contributed by atoms with Crippen LogP contribution in [-0.2, 0) is 0 Å². The second kappa shape index (κ2) is 6.24. The maximum Gasteiger partial charge on any atom is 0.393 e. The van der Waals surface area contributed by atoms with Crippen molar-refractivity contribution in [3.8, 4) is 0 Å². The van der Waals surface area contributed by atoms with E-state index in [0.717, 1.165) is 32.6 Å².